The maximum absolute atomic E-state index is 15.3. The van der Waals surface area contributed by atoms with E-state index in [1.165, 1.54) is 45.4 Å². The van der Waals surface area contributed by atoms with Gasteiger partial charge in [-0.05, 0) is 122 Å². The number of hydrogen-bond donors (Lipinski definition) is 20. The average Bonchev–Trinajstić information content (AvgIpc) is 1.64. The van der Waals surface area contributed by atoms with Crippen LogP contribution in [0.15, 0.2) is 110 Å². The number of rotatable bonds is 23. The molecule has 3 aromatic carbocycles. The Kier molecular flexibility index (Phi) is 40.9. The third-order valence-electron chi connectivity index (χ3n) is 21.4. The molecule has 16 atom stereocenters. The van der Waals surface area contributed by atoms with Gasteiger partial charge in [0.1, 0.15) is 90.6 Å². The molecule has 1 aliphatic heterocycles. The monoisotopic (exact) mass is 1800 g/mol. The van der Waals surface area contributed by atoms with Crippen LogP contribution in [0.25, 0.3) is 22.0 Å². The van der Waals surface area contributed by atoms with E-state index in [0.717, 1.165) is 23.0 Å². The molecule has 128 heavy (non-hydrogen) atoms. The largest absolute Gasteiger partial charge is 0.481 e. The lowest BCUT2D eigenvalue weighted by molar-refractivity contribution is -0.143. The maximum Gasteiger partial charge on any atom is 0.305 e. The number of nitrogens with zero attached hydrogens (tertiary/aromatic N) is 2. The van der Waals surface area contributed by atoms with E-state index in [-0.39, 0.29) is 56.9 Å². The standard InChI is InChI=1S/C88H126N20O19S/c1-44(2)34-60-77(116)96-59(28-31-89)76(115)98-61(35-45(3)4)80(119)105-71(47(7)8)86(125)107-73(51(13)109)87(126)103-67(84(123)94-49(11)74(91)113)42-128-43-68(110)95-66(40-90)83(122)99-62(37-53-29-32-92-33-30-53)78(117)101-65(39-69(111)112)79(118)100-64(38-56-41-93-58-23-19-18-22-57(56)58)82(121)104-70(46(5)6)85(124)102-63(36-52-24-26-55(27-25-52)54-20-16-15-17-21-54)81(120)106-72(48(9)10)88(127)108(14)50(12)75(114)97-60/h15-27,29-30,32-33,41,44-51,59-67,70-73,93,109H,28,31,34-40,42-43,89-90H2,1-14H3,(H2,91,113)(H,94,123)(H,95,110)(H,96,116)(H,97,114)(H,98,115)(H,99,122)(H,100,118)(H,101,117)(H,102,124)(H,103,126)(H,104,121)(H,105,119)(H,106,120)(H,107,125)(H,111,112)/t49-,50-,51+,59-,60+,61-,62-,63-,64-,65-,66-,67-,70-,71-,72-,73-/m0/s1. The first kappa shape index (κ1) is 104. The van der Waals surface area contributed by atoms with Crippen molar-refractivity contribution in [2.24, 2.45) is 46.8 Å². The Hall–Kier alpha value is -12.4. The first-order chi connectivity index (χ1) is 60.4. The maximum atomic E-state index is 15.3. The number of primary amides is 1. The summed E-state index contributed by atoms with van der Waals surface area (Å²) >= 11 is 0.697. The van der Waals surface area contributed by atoms with E-state index in [1.54, 1.807) is 112 Å². The van der Waals surface area contributed by atoms with Gasteiger partial charge < -0.3 is 112 Å². The number of carbonyl (C=O) groups excluding carboxylic acids is 16. The highest BCUT2D eigenvalue weighted by atomic mass is 32.2. The van der Waals surface area contributed by atoms with E-state index < -0.39 is 239 Å². The van der Waals surface area contributed by atoms with Crippen LogP contribution < -0.4 is 91.6 Å². The normalized spacial score (nSPS) is 24.4. The Labute approximate surface area is 748 Å². The van der Waals surface area contributed by atoms with Gasteiger partial charge in [0, 0.05) is 68.1 Å². The number of likely N-dealkylation sites (N-methyl/N-ethyl adjacent to an activating group) is 1. The molecule has 0 radical (unpaired) electrons. The van der Waals surface area contributed by atoms with E-state index in [0.29, 0.717) is 39.4 Å². The minimum Gasteiger partial charge on any atom is -0.481 e. The molecule has 1 fully saturated rings. The van der Waals surface area contributed by atoms with Crippen LogP contribution in [-0.2, 0) is 101 Å². The minimum atomic E-state index is -2.03. The zero-order valence-electron chi connectivity index (χ0n) is 74.7. The number of aliphatic hydroxyl groups is 1. The number of pyridine rings is 1. The number of carbonyl (C=O) groups is 17. The van der Waals surface area contributed by atoms with Crippen LogP contribution in [0.3, 0.4) is 0 Å². The lowest BCUT2D eigenvalue weighted by atomic mass is 9.97. The molecular formula is C88H126N20O19S. The zero-order chi connectivity index (χ0) is 95.1. The van der Waals surface area contributed by atoms with Crippen molar-refractivity contribution in [3.8, 4) is 11.1 Å². The van der Waals surface area contributed by atoms with Crippen molar-refractivity contribution in [3.63, 3.8) is 0 Å². The number of para-hydroxylation sites is 1. The predicted octanol–water partition coefficient (Wildman–Crippen LogP) is -1.63. The number of aliphatic carboxylic acids is 1. The summed E-state index contributed by atoms with van der Waals surface area (Å²) in [5, 5.41) is 58.3. The van der Waals surface area contributed by atoms with E-state index in [1.807, 2.05) is 42.5 Å². The van der Waals surface area contributed by atoms with Crippen molar-refractivity contribution in [2.75, 3.05) is 31.6 Å². The van der Waals surface area contributed by atoms with Gasteiger partial charge in [-0.2, -0.15) is 0 Å². The number of carboxylic acids is 1. The molecule has 698 valence electrons. The lowest BCUT2D eigenvalue weighted by Gasteiger charge is -2.33. The SMILES string of the molecule is CC(C)C[C@@H]1NC(=O)[C@H](CCN)NC(=O)[C@@H](CC(C)C)NC(=O)[C@H](C)N(C)C(=O)[C@H](C(C)C)NC(=O)[C@H](Cc2ccc(-c3ccccc3)cc2)NC(=O)[C@H](C(C)C)NC(=O)[C@H](Cc2c[nH]c3ccccc23)NC(=O)[C@H](CC(=O)O)NC(=O)[C@H](Cc2ccncc2)NC(=O)[C@H](CN)NC(=O)CSC[C@@H](C(=O)N[C@@H](C)C(N)=O)NC(=O)[C@H]([C@@H](C)O)NC(=O)[C@H](C(C)C)NC1=O. The number of benzene rings is 3. The third kappa shape index (κ3) is 31.8. The number of H-pyrrole nitrogens is 1. The fraction of sp³-hybridized carbons (Fsp3) is 0.523. The van der Waals surface area contributed by atoms with Crippen LogP contribution in [0.4, 0.5) is 0 Å². The number of aromatic amines is 1. The van der Waals surface area contributed by atoms with Crippen molar-refractivity contribution >= 4 is 123 Å². The van der Waals surface area contributed by atoms with Gasteiger partial charge in [0.05, 0.1) is 18.3 Å². The number of thioether (sulfide) groups is 1. The second kappa shape index (κ2) is 50.2. The summed E-state index contributed by atoms with van der Waals surface area (Å²) in [7, 11) is 1.31. The highest BCUT2D eigenvalue weighted by molar-refractivity contribution is 8.00. The van der Waals surface area contributed by atoms with Crippen molar-refractivity contribution in [1.29, 1.82) is 0 Å². The summed E-state index contributed by atoms with van der Waals surface area (Å²) in [5.74, 6) is -21.3. The number of hydrogen-bond acceptors (Lipinski definition) is 22. The number of aromatic nitrogens is 2. The summed E-state index contributed by atoms with van der Waals surface area (Å²) in [6, 6.07) is 2.85. The Morgan fingerprint density at radius 2 is 0.914 bits per heavy atom. The minimum absolute atomic E-state index is 0.0143. The number of amides is 16. The Morgan fingerprint density at radius 1 is 0.484 bits per heavy atom. The van der Waals surface area contributed by atoms with Gasteiger partial charge >= 0.3 is 5.97 Å². The summed E-state index contributed by atoms with van der Waals surface area (Å²) in [6.07, 6.45) is 0.289. The Balaban J connectivity index is 1.44. The molecule has 23 N–H and O–H groups in total. The Bertz CT molecular complexity index is 4690. The molecule has 0 unspecified atom stereocenters. The molecule has 1 saturated heterocycles. The van der Waals surface area contributed by atoms with Crippen LogP contribution in [0, 0.1) is 29.6 Å². The first-order valence-electron chi connectivity index (χ1n) is 42.7. The molecule has 0 aliphatic carbocycles. The van der Waals surface area contributed by atoms with Crippen LogP contribution in [-0.4, -0.2) is 254 Å². The van der Waals surface area contributed by atoms with Gasteiger partial charge in [0.2, 0.25) is 94.5 Å². The van der Waals surface area contributed by atoms with Crippen LogP contribution >= 0.6 is 11.8 Å². The van der Waals surface area contributed by atoms with E-state index in [4.69, 9.17) is 17.2 Å². The van der Waals surface area contributed by atoms with Gasteiger partial charge in [-0.3, -0.25) is 86.5 Å². The molecule has 0 saturated carbocycles. The second-order valence-electron chi connectivity index (χ2n) is 33.9. The molecule has 3 heterocycles. The molecule has 0 bridgehead atoms. The first-order valence-corrected chi connectivity index (χ1v) is 43.8. The van der Waals surface area contributed by atoms with Gasteiger partial charge in [-0.25, -0.2) is 0 Å². The van der Waals surface area contributed by atoms with Crippen molar-refractivity contribution in [2.45, 2.75) is 232 Å². The fourth-order valence-electron chi connectivity index (χ4n) is 13.9. The molecule has 0 spiro atoms. The van der Waals surface area contributed by atoms with E-state index in [9.17, 15) is 77.3 Å². The molecule has 2 aromatic heterocycles. The third-order valence-corrected chi connectivity index (χ3v) is 22.4. The Morgan fingerprint density at radius 3 is 1.45 bits per heavy atom. The van der Waals surface area contributed by atoms with Crippen molar-refractivity contribution in [3.05, 3.63) is 126 Å². The molecule has 6 rings (SSSR count). The van der Waals surface area contributed by atoms with E-state index >= 15 is 14.4 Å². The smallest absolute Gasteiger partial charge is 0.305 e. The van der Waals surface area contributed by atoms with Crippen LogP contribution in [0.5, 0.6) is 0 Å². The summed E-state index contributed by atoms with van der Waals surface area (Å²) in [5.41, 5.74) is 21.2. The van der Waals surface area contributed by atoms with Gasteiger partial charge in [0.25, 0.3) is 0 Å². The van der Waals surface area contributed by atoms with Crippen LogP contribution in [0.1, 0.15) is 132 Å². The number of carboxylic acid groups (broad SMARTS) is 1. The van der Waals surface area contributed by atoms with Crippen molar-refractivity contribution in [1.82, 2.24) is 89.3 Å². The quantitative estimate of drug-likeness (QED) is 0.0349. The molecule has 1 aliphatic rings. The summed E-state index contributed by atoms with van der Waals surface area (Å²) in [6.45, 7) is 19.5. The predicted molar refractivity (Wildman–Crippen MR) is 477 cm³/mol. The molecule has 40 heteroatoms. The summed E-state index contributed by atoms with van der Waals surface area (Å²) < 4.78 is 0. The van der Waals surface area contributed by atoms with Gasteiger partial charge in [-0.1, -0.05) is 142 Å². The van der Waals surface area contributed by atoms with Gasteiger partial charge in [0.15, 0.2) is 0 Å². The van der Waals surface area contributed by atoms with Crippen LogP contribution in [0.2, 0.25) is 0 Å². The average molecular weight is 1800 g/mol. The molecule has 16 amide bonds. The second-order valence-corrected chi connectivity index (χ2v) is 34.9. The molecular weight excluding hydrogens is 1670 g/mol. The van der Waals surface area contributed by atoms with Crippen molar-refractivity contribution < 1.29 is 91.7 Å². The number of nitrogens with two attached hydrogens (primary N) is 3. The zero-order valence-corrected chi connectivity index (χ0v) is 75.5. The highest BCUT2D eigenvalue weighted by Crippen LogP contribution is 2.24. The number of nitrogens with one attached hydrogen (secondary N) is 15. The highest BCUT2D eigenvalue weighted by Gasteiger charge is 2.42. The van der Waals surface area contributed by atoms with E-state index in [2.05, 4.69) is 84.4 Å². The topological polar surface area (TPSA) is 609 Å². The molecule has 5 aromatic rings. The number of fused-ring (bicyclic) bond motifs is 1. The van der Waals surface area contributed by atoms with Gasteiger partial charge in [-0.15, -0.1) is 11.8 Å². The summed E-state index contributed by atoms with van der Waals surface area (Å²) in [4.78, 5) is 253. The fourth-order valence-corrected chi connectivity index (χ4v) is 14.7. The molecule has 39 nitrogen and oxygen atoms in total. The number of aliphatic hydroxyl groups excluding tert-OH is 1. The lowest BCUT2D eigenvalue weighted by Crippen LogP contribution is -2.63.